The molecule has 0 aliphatic rings. The maximum absolute atomic E-state index is 13.9. The van der Waals surface area contributed by atoms with E-state index in [1.165, 1.54) is 19.2 Å². The molecule has 1 aromatic carbocycles. The zero-order chi connectivity index (χ0) is 13.9. The largest absolute Gasteiger partial charge is 0.368 e. The SMILES string of the molecule is C=C(C)CN(C)c1ccc(S(=O)(=O)NC)cc1F. The van der Waals surface area contributed by atoms with E-state index in [-0.39, 0.29) is 4.90 Å². The Morgan fingerprint density at radius 2 is 2.11 bits per heavy atom. The summed E-state index contributed by atoms with van der Waals surface area (Å²) in [6, 6.07) is 3.83. The van der Waals surface area contributed by atoms with Crippen molar-refractivity contribution in [2.24, 2.45) is 0 Å². The molecule has 18 heavy (non-hydrogen) atoms. The van der Waals surface area contributed by atoms with Crippen molar-refractivity contribution in [3.63, 3.8) is 0 Å². The van der Waals surface area contributed by atoms with Gasteiger partial charge in [0.2, 0.25) is 10.0 Å². The molecule has 0 saturated carbocycles. The highest BCUT2D eigenvalue weighted by Crippen LogP contribution is 2.22. The highest BCUT2D eigenvalue weighted by Gasteiger charge is 2.15. The highest BCUT2D eigenvalue weighted by molar-refractivity contribution is 7.89. The van der Waals surface area contributed by atoms with Crippen molar-refractivity contribution in [1.82, 2.24) is 4.72 Å². The molecule has 0 amide bonds. The van der Waals surface area contributed by atoms with Gasteiger partial charge in [0.1, 0.15) is 5.82 Å². The van der Waals surface area contributed by atoms with Crippen LogP contribution in [0.2, 0.25) is 0 Å². The second kappa shape index (κ2) is 5.49. The molecule has 0 aromatic heterocycles. The number of nitrogens with one attached hydrogen (secondary N) is 1. The summed E-state index contributed by atoms with van der Waals surface area (Å²) in [6.45, 7) is 6.10. The number of anilines is 1. The monoisotopic (exact) mass is 272 g/mol. The van der Waals surface area contributed by atoms with E-state index in [1.54, 1.807) is 11.9 Å². The zero-order valence-electron chi connectivity index (χ0n) is 10.7. The lowest BCUT2D eigenvalue weighted by Crippen LogP contribution is -2.22. The van der Waals surface area contributed by atoms with Crippen LogP contribution in [0.25, 0.3) is 0 Å². The highest BCUT2D eigenvalue weighted by atomic mass is 32.2. The van der Waals surface area contributed by atoms with Crippen LogP contribution < -0.4 is 9.62 Å². The molecule has 100 valence electrons. The lowest BCUT2D eigenvalue weighted by molar-refractivity contribution is 0.583. The van der Waals surface area contributed by atoms with Gasteiger partial charge in [0, 0.05) is 13.6 Å². The Labute approximate surface area is 107 Å². The van der Waals surface area contributed by atoms with Crippen LogP contribution in [-0.2, 0) is 10.0 Å². The van der Waals surface area contributed by atoms with Crippen LogP contribution in [-0.4, -0.2) is 29.1 Å². The number of hydrogen-bond donors (Lipinski definition) is 1. The Kier molecular flexibility index (Phi) is 4.48. The molecular formula is C12H17FN2O2S. The predicted octanol–water partition coefficient (Wildman–Crippen LogP) is 1.75. The number of halogens is 1. The Hall–Kier alpha value is -1.40. The van der Waals surface area contributed by atoms with Crippen LogP contribution in [0.15, 0.2) is 35.2 Å². The third-order valence-corrected chi connectivity index (χ3v) is 3.83. The summed E-state index contributed by atoms with van der Waals surface area (Å²) in [5.74, 6) is -0.574. The lowest BCUT2D eigenvalue weighted by Gasteiger charge is -2.20. The molecule has 0 aliphatic carbocycles. The van der Waals surface area contributed by atoms with Gasteiger partial charge in [-0.05, 0) is 32.2 Å². The van der Waals surface area contributed by atoms with E-state index in [2.05, 4.69) is 11.3 Å². The van der Waals surface area contributed by atoms with Crippen LogP contribution in [0.1, 0.15) is 6.92 Å². The predicted molar refractivity (Wildman–Crippen MR) is 70.7 cm³/mol. The number of benzene rings is 1. The number of sulfonamides is 1. The second-order valence-electron chi connectivity index (χ2n) is 4.13. The average Bonchev–Trinajstić information content (AvgIpc) is 2.27. The van der Waals surface area contributed by atoms with Gasteiger partial charge in [-0.25, -0.2) is 17.5 Å². The molecule has 0 radical (unpaired) electrons. The van der Waals surface area contributed by atoms with Crippen LogP contribution in [0.3, 0.4) is 0 Å². The van der Waals surface area contributed by atoms with Crippen molar-refractivity contribution in [2.45, 2.75) is 11.8 Å². The van der Waals surface area contributed by atoms with Crippen LogP contribution in [0.5, 0.6) is 0 Å². The van der Waals surface area contributed by atoms with Crippen molar-refractivity contribution in [2.75, 3.05) is 25.5 Å². The molecule has 0 atom stereocenters. The summed E-state index contributed by atoms with van der Waals surface area (Å²) in [5.41, 5.74) is 1.23. The van der Waals surface area contributed by atoms with Crippen molar-refractivity contribution >= 4 is 15.7 Å². The van der Waals surface area contributed by atoms with Gasteiger partial charge in [0.05, 0.1) is 10.6 Å². The minimum absolute atomic E-state index is 0.0880. The number of likely N-dealkylation sites (N-methyl/N-ethyl adjacent to an activating group) is 1. The first-order valence-electron chi connectivity index (χ1n) is 5.36. The third kappa shape index (κ3) is 3.30. The molecule has 0 unspecified atom stereocenters. The summed E-state index contributed by atoms with van der Waals surface area (Å²) in [5, 5.41) is 0. The lowest BCUT2D eigenvalue weighted by atomic mass is 10.2. The zero-order valence-corrected chi connectivity index (χ0v) is 11.5. The van der Waals surface area contributed by atoms with Gasteiger partial charge in [-0.15, -0.1) is 0 Å². The third-order valence-electron chi connectivity index (χ3n) is 2.42. The van der Waals surface area contributed by atoms with E-state index in [4.69, 9.17) is 0 Å². The van der Waals surface area contributed by atoms with Crippen molar-refractivity contribution in [3.05, 3.63) is 36.2 Å². The van der Waals surface area contributed by atoms with Crippen LogP contribution in [0.4, 0.5) is 10.1 Å². The van der Waals surface area contributed by atoms with E-state index >= 15 is 0 Å². The maximum Gasteiger partial charge on any atom is 0.240 e. The quantitative estimate of drug-likeness (QED) is 0.831. The number of rotatable bonds is 5. The van der Waals surface area contributed by atoms with Gasteiger partial charge in [0.15, 0.2) is 0 Å². The van der Waals surface area contributed by atoms with Gasteiger partial charge in [-0.2, -0.15) is 0 Å². The van der Waals surface area contributed by atoms with E-state index in [9.17, 15) is 12.8 Å². The van der Waals surface area contributed by atoms with E-state index in [0.29, 0.717) is 12.2 Å². The summed E-state index contributed by atoms with van der Waals surface area (Å²) in [6.07, 6.45) is 0. The fourth-order valence-electron chi connectivity index (χ4n) is 1.57. The van der Waals surface area contributed by atoms with Gasteiger partial charge in [-0.3, -0.25) is 0 Å². The van der Waals surface area contributed by atoms with E-state index in [1.807, 2.05) is 6.92 Å². The van der Waals surface area contributed by atoms with Crippen molar-refractivity contribution < 1.29 is 12.8 Å². The molecule has 0 bridgehead atoms. The standard InChI is InChI=1S/C12H17FN2O2S/c1-9(2)8-15(4)12-6-5-10(7-11(12)13)18(16,17)14-3/h5-7,14H,1,8H2,2-4H3. The topological polar surface area (TPSA) is 49.4 Å². The molecule has 1 aromatic rings. The first-order chi connectivity index (χ1) is 8.27. The Bertz CT molecular complexity index is 555. The molecule has 4 nitrogen and oxygen atoms in total. The first-order valence-corrected chi connectivity index (χ1v) is 6.85. The minimum atomic E-state index is -3.61. The average molecular weight is 272 g/mol. The Morgan fingerprint density at radius 1 is 1.50 bits per heavy atom. The Morgan fingerprint density at radius 3 is 2.56 bits per heavy atom. The number of hydrogen-bond acceptors (Lipinski definition) is 3. The van der Waals surface area contributed by atoms with Gasteiger partial charge < -0.3 is 4.90 Å². The van der Waals surface area contributed by atoms with Gasteiger partial charge in [-0.1, -0.05) is 12.2 Å². The molecular weight excluding hydrogens is 255 g/mol. The molecule has 0 fully saturated rings. The molecule has 0 aliphatic heterocycles. The van der Waals surface area contributed by atoms with E-state index < -0.39 is 15.8 Å². The number of nitrogens with zero attached hydrogens (tertiary/aromatic N) is 1. The molecule has 0 saturated heterocycles. The first kappa shape index (κ1) is 14.7. The maximum atomic E-state index is 13.9. The molecule has 1 N–H and O–H groups in total. The van der Waals surface area contributed by atoms with Gasteiger partial charge >= 0.3 is 0 Å². The fraction of sp³-hybridized carbons (Fsp3) is 0.333. The minimum Gasteiger partial charge on any atom is -0.368 e. The molecule has 0 heterocycles. The fourth-order valence-corrected chi connectivity index (χ4v) is 2.31. The van der Waals surface area contributed by atoms with Crippen molar-refractivity contribution in [3.8, 4) is 0 Å². The van der Waals surface area contributed by atoms with Gasteiger partial charge in [0.25, 0.3) is 0 Å². The Balaban J connectivity index is 3.11. The van der Waals surface area contributed by atoms with Crippen LogP contribution >= 0.6 is 0 Å². The normalized spacial score (nSPS) is 11.3. The summed E-state index contributed by atoms with van der Waals surface area (Å²) < 4.78 is 39.0. The van der Waals surface area contributed by atoms with Crippen molar-refractivity contribution in [1.29, 1.82) is 0 Å². The van der Waals surface area contributed by atoms with Crippen LogP contribution in [0, 0.1) is 5.82 Å². The van der Waals surface area contributed by atoms with E-state index in [0.717, 1.165) is 11.6 Å². The summed E-state index contributed by atoms with van der Waals surface area (Å²) in [4.78, 5) is 1.59. The second-order valence-corrected chi connectivity index (χ2v) is 6.02. The summed E-state index contributed by atoms with van der Waals surface area (Å²) in [7, 11) is -0.605. The summed E-state index contributed by atoms with van der Waals surface area (Å²) >= 11 is 0. The smallest absolute Gasteiger partial charge is 0.240 e. The molecule has 0 spiro atoms. The molecule has 1 rings (SSSR count). The molecule has 6 heteroatoms.